The lowest BCUT2D eigenvalue weighted by atomic mass is 10.1. The smallest absolute Gasteiger partial charge is 0.368 e. The van der Waals surface area contributed by atoms with E-state index in [1.165, 1.54) is 12.1 Å². The third kappa shape index (κ3) is 8.68. The lowest BCUT2D eigenvalue weighted by Gasteiger charge is -2.37. The number of piperazine rings is 1. The lowest BCUT2D eigenvalue weighted by molar-refractivity contribution is -0.138. The summed E-state index contributed by atoms with van der Waals surface area (Å²) in [5.74, 6) is -4.51. The van der Waals surface area contributed by atoms with Gasteiger partial charge >= 0.3 is 12.2 Å². The van der Waals surface area contributed by atoms with Crippen molar-refractivity contribution in [2.24, 2.45) is 5.73 Å². The second kappa shape index (κ2) is 12.9. The van der Waals surface area contributed by atoms with E-state index in [1.54, 1.807) is 11.0 Å². The van der Waals surface area contributed by atoms with Gasteiger partial charge in [0.05, 0.1) is 29.9 Å². The van der Waals surface area contributed by atoms with Crippen LogP contribution in [0.4, 0.5) is 38.1 Å². The third-order valence-corrected chi connectivity index (χ3v) is 6.14. The van der Waals surface area contributed by atoms with E-state index >= 15 is 0 Å². The molecule has 0 radical (unpaired) electrons. The van der Waals surface area contributed by atoms with Crippen LogP contribution in [0.15, 0.2) is 30.3 Å². The Morgan fingerprint density at radius 3 is 2.31 bits per heavy atom. The standard InChI is InChI=1S/C24H26ClF5N6O3/c25-15-2-4-17(18(11-15)36-9-7-35(8-10-36)6-5-24(28,29)30)34-22(38)16-3-1-14(20(26)21(16)27)12-32-23(39)33-13-19(31)37/h1-4,11H,5-10,12-13H2,(H2,31,37)(H,34,38)(H2,32,33,39). The average Bonchev–Trinajstić information content (AvgIpc) is 2.88. The Hall–Kier alpha value is -3.65. The van der Waals surface area contributed by atoms with Crippen LogP contribution in [0.3, 0.4) is 0 Å². The van der Waals surface area contributed by atoms with Gasteiger partial charge in [-0.25, -0.2) is 13.6 Å². The minimum absolute atomic E-state index is 0.120. The number of nitrogens with one attached hydrogen (secondary N) is 3. The fourth-order valence-electron chi connectivity index (χ4n) is 3.87. The molecular weight excluding hydrogens is 551 g/mol. The highest BCUT2D eigenvalue weighted by Crippen LogP contribution is 2.31. The summed E-state index contributed by atoms with van der Waals surface area (Å²) >= 11 is 6.13. The molecule has 5 N–H and O–H groups in total. The fourth-order valence-corrected chi connectivity index (χ4v) is 4.03. The Kier molecular flexibility index (Phi) is 9.92. The number of nitrogens with two attached hydrogens (primary N) is 1. The Balaban J connectivity index is 1.67. The van der Waals surface area contributed by atoms with Gasteiger partial charge < -0.3 is 26.6 Å². The number of anilines is 2. The first-order chi connectivity index (χ1) is 18.3. The molecule has 39 heavy (non-hydrogen) atoms. The normalized spacial score (nSPS) is 14.2. The molecule has 1 aliphatic heterocycles. The second-order valence-corrected chi connectivity index (χ2v) is 9.15. The number of nitrogens with zero attached hydrogens (tertiary/aromatic N) is 2. The van der Waals surface area contributed by atoms with Gasteiger partial charge in [0.15, 0.2) is 11.6 Å². The summed E-state index contributed by atoms with van der Waals surface area (Å²) in [5.41, 5.74) is 4.81. The molecule has 212 valence electrons. The number of carbonyl (C=O) groups excluding carboxylic acids is 3. The molecule has 15 heteroatoms. The molecule has 2 aromatic rings. The van der Waals surface area contributed by atoms with Crippen molar-refractivity contribution in [2.75, 3.05) is 49.5 Å². The van der Waals surface area contributed by atoms with Crippen molar-refractivity contribution in [3.63, 3.8) is 0 Å². The molecule has 0 saturated carbocycles. The van der Waals surface area contributed by atoms with Gasteiger partial charge in [0.1, 0.15) is 0 Å². The highest BCUT2D eigenvalue weighted by Gasteiger charge is 2.29. The number of urea groups is 1. The molecule has 2 aromatic carbocycles. The van der Waals surface area contributed by atoms with E-state index in [0.29, 0.717) is 36.9 Å². The number of amides is 4. The number of carbonyl (C=O) groups is 3. The predicted octanol–water partition coefficient (Wildman–Crippen LogP) is 3.23. The predicted molar refractivity (Wildman–Crippen MR) is 135 cm³/mol. The minimum Gasteiger partial charge on any atom is -0.368 e. The molecule has 9 nitrogen and oxygen atoms in total. The number of hydrogen-bond donors (Lipinski definition) is 4. The van der Waals surface area contributed by atoms with Crippen LogP contribution in [-0.2, 0) is 11.3 Å². The summed E-state index contributed by atoms with van der Waals surface area (Å²) in [4.78, 5) is 38.7. The van der Waals surface area contributed by atoms with Crippen LogP contribution in [0.2, 0.25) is 5.02 Å². The number of benzene rings is 2. The molecule has 0 unspecified atom stereocenters. The van der Waals surface area contributed by atoms with E-state index in [-0.39, 0.29) is 17.8 Å². The lowest BCUT2D eigenvalue weighted by Crippen LogP contribution is -2.47. The van der Waals surface area contributed by atoms with Crippen LogP contribution >= 0.6 is 11.6 Å². The Bertz CT molecular complexity index is 1220. The maximum atomic E-state index is 14.8. The van der Waals surface area contributed by atoms with Crippen molar-refractivity contribution in [1.82, 2.24) is 15.5 Å². The zero-order valence-electron chi connectivity index (χ0n) is 20.5. The molecule has 1 heterocycles. The highest BCUT2D eigenvalue weighted by atomic mass is 35.5. The SMILES string of the molecule is NC(=O)CNC(=O)NCc1ccc(C(=O)Nc2ccc(Cl)cc2N2CCN(CCC(F)(F)F)CC2)c(F)c1F. The van der Waals surface area contributed by atoms with E-state index in [1.807, 2.05) is 4.90 Å². The number of alkyl halides is 3. The molecule has 0 aliphatic carbocycles. The van der Waals surface area contributed by atoms with E-state index < -0.39 is 60.7 Å². The number of rotatable bonds is 9. The van der Waals surface area contributed by atoms with Gasteiger partial charge in [-0.1, -0.05) is 17.7 Å². The molecule has 3 rings (SSSR count). The van der Waals surface area contributed by atoms with Crippen molar-refractivity contribution in [3.8, 4) is 0 Å². The van der Waals surface area contributed by atoms with Crippen molar-refractivity contribution in [2.45, 2.75) is 19.1 Å². The monoisotopic (exact) mass is 576 g/mol. The first-order valence-corrected chi connectivity index (χ1v) is 12.1. The van der Waals surface area contributed by atoms with Crippen molar-refractivity contribution >= 4 is 40.8 Å². The number of halogens is 6. The summed E-state index contributed by atoms with van der Waals surface area (Å²) in [5, 5.41) is 7.25. The van der Waals surface area contributed by atoms with E-state index in [4.69, 9.17) is 17.3 Å². The van der Waals surface area contributed by atoms with E-state index in [2.05, 4.69) is 16.0 Å². The summed E-state index contributed by atoms with van der Waals surface area (Å²) in [6.45, 7) is 0.438. The van der Waals surface area contributed by atoms with Crippen molar-refractivity contribution in [1.29, 1.82) is 0 Å². The van der Waals surface area contributed by atoms with Crippen molar-refractivity contribution in [3.05, 3.63) is 58.1 Å². The maximum absolute atomic E-state index is 14.8. The van der Waals surface area contributed by atoms with Gasteiger partial charge in [0, 0.05) is 49.9 Å². The van der Waals surface area contributed by atoms with Gasteiger partial charge in [-0.15, -0.1) is 0 Å². The quantitative estimate of drug-likeness (QED) is 0.342. The number of primary amides is 1. The van der Waals surface area contributed by atoms with Gasteiger partial charge in [-0.2, -0.15) is 13.2 Å². The molecule has 0 aromatic heterocycles. The molecule has 0 bridgehead atoms. The molecule has 4 amide bonds. The van der Waals surface area contributed by atoms with Gasteiger partial charge in [0.2, 0.25) is 5.91 Å². The van der Waals surface area contributed by atoms with Crippen LogP contribution in [0.1, 0.15) is 22.3 Å². The van der Waals surface area contributed by atoms with Crippen LogP contribution in [0.5, 0.6) is 0 Å². The summed E-state index contributed by atoms with van der Waals surface area (Å²) in [7, 11) is 0. The Morgan fingerprint density at radius 2 is 1.67 bits per heavy atom. The first-order valence-electron chi connectivity index (χ1n) is 11.8. The van der Waals surface area contributed by atoms with Gasteiger partial charge in [-0.3, -0.25) is 14.5 Å². The molecule has 0 atom stereocenters. The first kappa shape index (κ1) is 29.9. The van der Waals surface area contributed by atoms with Gasteiger partial charge in [0.25, 0.3) is 5.91 Å². The van der Waals surface area contributed by atoms with Crippen LogP contribution in [0.25, 0.3) is 0 Å². The summed E-state index contributed by atoms with van der Waals surface area (Å²) < 4.78 is 67.0. The summed E-state index contributed by atoms with van der Waals surface area (Å²) in [6, 6.07) is 5.91. The van der Waals surface area contributed by atoms with E-state index in [0.717, 1.165) is 12.1 Å². The largest absolute Gasteiger partial charge is 0.390 e. The van der Waals surface area contributed by atoms with Crippen LogP contribution in [-0.4, -0.2) is 68.2 Å². The van der Waals surface area contributed by atoms with Gasteiger partial charge in [-0.05, 0) is 24.3 Å². The second-order valence-electron chi connectivity index (χ2n) is 8.71. The molecule has 1 fully saturated rings. The summed E-state index contributed by atoms with van der Waals surface area (Å²) in [6.07, 6.45) is -5.16. The van der Waals surface area contributed by atoms with Crippen molar-refractivity contribution < 1.29 is 36.3 Å². The maximum Gasteiger partial charge on any atom is 0.390 e. The fraction of sp³-hybridized carbons (Fsp3) is 0.375. The van der Waals surface area contributed by atoms with E-state index in [9.17, 15) is 36.3 Å². The minimum atomic E-state index is -4.24. The van der Waals surface area contributed by atoms with Crippen LogP contribution in [0, 0.1) is 11.6 Å². The highest BCUT2D eigenvalue weighted by molar-refractivity contribution is 6.31. The van der Waals surface area contributed by atoms with Crippen LogP contribution < -0.4 is 26.6 Å². The molecule has 1 aliphatic rings. The number of hydrogen-bond acceptors (Lipinski definition) is 5. The Labute approximate surface area is 225 Å². The molecule has 1 saturated heterocycles. The zero-order valence-corrected chi connectivity index (χ0v) is 21.3. The average molecular weight is 577 g/mol. The topological polar surface area (TPSA) is 120 Å². The zero-order chi connectivity index (χ0) is 28.7. The molecular formula is C24H26ClF5N6O3. The Morgan fingerprint density at radius 1 is 0.974 bits per heavy atom. The molecule has 0 spiro atoms. The third-order valence-electron chi connectivity index (χ3n) is 5.90.